The summed E-state index contributed by atoms with van der Waals surface area (Å²) in [5.41, 5.74) is 8.52. The summed E-state index contributed by atoms with van der Waals surface area (Å²) in [5, 5.41) is 8.87. The SMILES string of the molecule is CN([13CH3])Cc1ccccc1Sc1ccc(C#N)cc1N. The van der Waals surface area contributed by atoms with E-state index in [4.69, 9.17) is 11.0 Å². The summed E-state index contributed by atoms with van der Waals surface area (Å²) in [7, 11) is 4.11. The quantitative estimate of drug-likeness (QED) is 0.691. The highest BCUT2D eigenvalue weighted by Crippen LogP contribution is 2.34. The zero-order chi connectivity index (χ0) is 14.5. The Bertz CT molecular complexity index is 644. The molecule has 2 N–H and O–H groups in total. The zero-order valence-electron chi connectivity index (χ0n) is 11.6. The molecule has 0 spiro atoms. The molecule has 0 saturated carbocycles. The fourth-order valence-corrected chi connectivity index (χ4v) is 2.86. The van der Waals surface area contributed by atoms with Gasteiger partial charge in [0.2, 0.25) is 0 Å². The minimum atomic E-state index is 0.591. The normalized spacial score (nSPS) is 10.5. The molecule has 4 heteroatoms. The van der Waals surface area contributed by atoms with Crippen molar-refractivity contribution < 1.29 is 0 Å². The molecule has 0 fully saturated rings. The number of rotatable bonds is 4. The zero-order valence-corrected chi connectivity index (χ0v) is 12.4. The predicted molar refractivity (Wildman–Crippen MR) is 83.5 cm³/mol. The third kappa shape index (κ3) is 3.53. The van der Waals surface area contributed by atoms with Crippen LogP contribution in [0.3, 0.4) is 0 Å². The molecule has 20 heavy (non-hydrogen) atoms. The lowest BCUT2D eigenvalue weighted by molar-refractivity contribution is 0.399. The third-order valence-corrected chi connectivity index (χ3v) is 4.03. The number of nitrogen functional groups attached to an aromatic ring is 1. The number of hydrogen-bond acceptors (Lipinski definition) is 4. The molecule has 0 bridgehead atoms. The van der Waals surface area contributed by atoms with Gasteiger partial charge in [0.25, 0.3) is 0 Å². The van der Waals surface area contributed by atoms with Crippen molar-refractivity contribution in [2.45, 2.75) is 16.3 Å². The van der Waals surface area contributed by atoms with Crippen LogP contribution in [0.2, 0.25) is 0 Å². The Morgan fingerprint density at radius 2 is 1.90 bits per heavy atom. The van der Waals surface area contributed by atoms with Crippen molar-refractivity contribution in [1.29, 1.82) is 5.26 Å². The van der Waals surface area contributed by atoms with Crippen LogP contribution in [0.15, 0.2) is 52.3 Å². The molecule has 0 aliphatic heterocycles. The predicted octanol–water partition coefficient (Wildman–Crippen LogP) is 3.35. The molecule has 2 rings (SSSR count). The van der Waals surface area contributed by atoms with E-state index in [0.29, 0.717) is 11.3 Å². The van der Waals surface area contributed by atoms with Gasteiger partial charge in [-0.1, -0.05) is 30.0 Å². The van der Waals surface area contributed by atoms with E-state index in [1.165, 1.54) is 10.5 Å². The molecule has 0 unspecified atom stereocenters. The fourth-order valence-electron chi connectivity index (χ4n) is 1.90. The number of hydrogen-bond donors (Lipinski definition) is 1. The lowest BCUT2D eigenvalue weighted by atomic mass is 10.2. The molecule has 0 heterocycles. The smallest absolute Gasteiger partial charge is 0.0992 e. The summed E-state index contributed by atoms with van der Waals surface area (Å²) in [6.07, 6.45) is 0. The lowest BCUT2D eigenvalue weighted by Crippen LogP contribution is -2.11. The van der Waals surface area contributed by atoms with Crippen molar-refractivity contribution in [3.05, 3.63) is 53.6 Å². The number of benzene rings is 2. The van der Waals surface area contributed by atoms with Crippen molar-refractivity contribution in [3.8, 4) is 6.07 Å². The highest BCUT2D eigenvalue weighted by molar-refractivity contribution is 7.99. The average molecular weight is 284 g/mol. The molecule has 2 aromatic carbocycles. The van der Waals surface area contributed by atoms with Gasteiger partial charge in [-0.3, -0.25) is 0 Å². The van der Waals surface area contributed by atoms with E-state index in [2.05, 4.69) is 37.2 Å². The maximum atomic E-state index is 8.87. The maximum absolute atomic E-state index is 8.87. The highest BCUT2D eigenvalue weighted by Gasteiger charge is 2.08. The average Bonchev–Trinajstić information content (AvgIpc) is 2.42. The van der Waals surface area contributed by atoms with Crippen molar-refractivity contribution in [1.82, 2.24) is 4.90 Å². The van der Waals surface area contributed by atoms with Crippen LogP contribution in [-0.4, -0.2) is 19.0 Å². The van der Waals surface area contributed by atoms with Gasteiger partial charge < -0.3 is 10.6 Å². The molecule has 102 valence electrons. The van der Waals surface area contributed by atoms with Crippen molar-refractivity contribution in [2.24, 2.45) is 0 Å². The summed E-state index contributed by atoms with van der Waals surface area (Å²) >= 11 is 1.64. The third-order valence-electron chi connectivity index (χ3n) is 2.82. The Kier molecular flexibility index (Phi) is 4.67. The number of nitrogens with two attached hydrogens (primary N) is 1. The Morgan fingerprint density at radius 3 is 2.55 bits per heavy atom. The van der Waals surface area contributed by atoms with Gasteiger partial charge in [0.05, 0.1) is 11.6 Å². The Balaban J connectivity index is 2.28. The summed E-state index contributed by atoms with van der Waals surface area (Å²) in [4.78, 5) is 4.31. The first-order valence-electron chi connectivity index (χ1n) is 6.30. The summed E-state index contributed by atoms with van der Waals surface area (Å²) < 4.78 is 0. The first-order chi connectivity index (χ1) is 9.60. The molecular weight excluding hydrogens is 267 g/mol. The molecule has 0 atom stereocenters. The van der Waals surface area contributed by atoms with E-state index in [0.717, 1.165) is 11.4 Å². The van der Waals surface area contributed by atoms with Crippen LogP contribution in [0.5, 0.6) is 0 Å². The van der Waals surface area contributed by atoms with Crippen molar-refractivity contribution >= 4 is 17.4 Å². The monoisotopic (exact) mass is 284 g/mol. The van der Waals surface area contributed by atoms with E-state index in [9.17, 15) is 0 Å². The van der Waals surface area contributed by atoms with E-state index in [-0.39, 0.29) is 0 Å². The minimum absolute atomic E-state index is 0.591. The van der Waals surface area contributed by atoms with Crippen LogP contribution < -0.4 is 5.73 Å². The van der Waals surface area contributed by atoms with Gasteiger partial charge in [0, 0.05) is 22.0 Å². The maximum Gasteiger partial charge on any atom is 0.0992 e. The van der Waals surface area contributed by atoms with Gasteiger partial charge in [0.1, 0.15) is 0 Å². The molecule has 0 amide bonds. The molecule has 0 aromatic heterocycles. The van der Waals surface area contributed by atoms with Crippen LogP contribution >= 0.6 is 11.8 Å². The second-order valence-corrected chi connectivity index (χ2v) is 5.90. The lowest BCUT2D eigenvalue weighted by Gasteiger charge is -2.14. The van der Waals surface area contributed by atoms with Crippen molar-refractivity contribution in [2.75, 3.05) is 19.8 Å². The largest absolute Gasteiger partial charge is 0.398 e. The summed E-state index contributed by atoms with van der Waals surface area (Å²) in [6.45, 7) is 0.888. The van der Waals surface area contributed by atoms with Crippen molar-refractivity contribution in [3.63, 3.8) is 0 Å². The standard InChI is InChI=1S/C16H17N3S/c1-19(2)11-13-5-3-4-6-15(13)20-16-8-7-12(10-17)9-14(16)18/h3-9H,11,18H2,1-2H3/i1+1. The van der Waals surface area contributed by atoms with E-state index < -0.39 is 0 Å². The second-order valence-electron chi connectivity index (χ2n) is 4.81. The number of anilines is 1. The molecule has 3 nitrogen and oxygen atoms in total. The topological polar surface area (TPSA) is 53.0 Å². The minimum Gasteiger partial charge on any atom is -0.398 e. The molecular formula is C16H17N3S. The number of nitrogens with zero attached hydrogens (tertiary/aromatic N) is 2. The van der Waals surface area contributed by atoms with Gasteiger partial charge in [-0.15, -0.1) is 0 Å². The van der Waals surface area contributed by atoms with E-state index >= 15 is 0 Å². The molecule has 0 saturated heterocycles. The van der Waals surface area contributed by atoms with Gasteiger partial charge in [-0.2, -0.15) is 5.26 Å². The van der Waals surface area contributed by atoms with Gasteiger partial charge in [-0.05, 0) is 43.9 Å². The molecule has 0 radical (unpaired) electrons. The van der Waals surface area contributed by atoms with E-state index in [1.54, 1.807) is 23.9 Å². The van der Waals surface area contributed by atoms with Gasteiger partial charge in [-0.25, -0.2) is 0 Å². The van der Waals surface area contributed by atoms with Gasteiger partial charge >= 0.3 is 0 Å². The summed E-state index contributed by atoms with van der Waals surface area (Å²) in [5.74, 6) is 0. The van der Waals surface area contributed by atoms with Gasteiger partial charge in [0.15, 0.2) is 0 Å². The molecule has 0 aliphatic carbocycles. The van der Waals surface area contributed by atoms with Crippen LogP contribution in [0.25, 0.3) is 0 Å². The first kappa shape index (κ1) is 14.4. The second kappa shape index (κ2) is 6.47. The fraction of sp³-hybridized carbons (Fsp3) is 0.188. The highest BCUT2D eigenvalue weighted by atomic mass is 32.2. The number of nitriles is 1. The Morgan fingerprint density at radius 1 is 1.15 bits per heavy atom. The van der Waals surface area contributed by atoms with E-state index in [1.807, 2.05) is 18.2 Å². The Hall–Kier alpha value is -1.96. The van der Waals surface area contributed by atoms with Crippen LogP contribution in [0, 0.1) is 11.3 Å². The Labute approximate surface area is 124 Å². The van der Waals surface area contributed by atoms with Crippen LogP contribution in [0.1, 0.15) is 11.1 Å². The van der Waals surface area contributed by atoms with Crippen LogP contribution in [0.4, 0.5) is 5.69 Å². The summed E-state index contributed by atoms with van der Waals surface area (Å²) in [6, 6.07) is 15.8. The molecule has 2 aromatic rings. The van der Waals surface area contributed by atoms with Crippen LogP contribution in [-0.2, 0) is 6.54 Å². The first-order valence-corrected chi connectivity index (χ1v) is 7.12. The molecule has 0 aliphatic rings.